The highest BCUT2D eigenvalue weighted by Crippen LogP contribution is 2.38. The molecule has 0 aliphatic carbocycles. The molecule has 8 heteroatoms. The zero-order valence-corrected chi connectivity index (χ0v) is 17.4. The number of halogens is 1. The minimum atomic E-state index is -0.212. The minimum absolute atomic E-state index is 0.212. The molecule has 2 heterocycles. The van der Waals surface area contributed by atoms with Gasteiger partial charge >= 0.3 is 0 Å². The summed E-state index contributed by atoms with van der Waals surface area (Å²) < 4.78 is 12.8. The molecule has 1 N–H and O–H groups in total. The lowest BCUT2D eigenvalue weighted by atomic mass is 10.2. The van der Waals surface area contributed by atoms with Gasteiger partial charge in [-0.15, -0.1) is 0 Å². The summed E-state index contributed by atoms with van der Waals surface area (Å²) in [5.74, 6) is 2.31. The Morgan fingerprint density at radius 1 is 1.14 bits per heavy atom. The molecule has 0 unspecified atom stereocenters. The van der Waals surface area contributed by atoms with Crippen molar-refractivity contribution in [1.82, 2.24) is 14.4 Å². The number of imidazole rings is 1. The first kappa shape index (κ1) is 19.3. The van der Waals surface area contributed by atoms with Gasteiger partial charge in [0.2, 0.25) is 0 Å². The number of hydrogen-bond donors (Lipinski definition) is 1. The molecule has 0 amide bonds. The first-order valence-corrected chi connectivity index (χ1v) is 9.39. The molecule has 0 atom stereocenters. The van der Waals surface area contributed by atoms with Gasteiger partial charge in [-0.1, -0.05) is 23.7 Å². The van der Waals surface area contributed by atoms with E-state index in [1.54, 1.807) is 20.4 Å². The van der Waals surface area contributed by atoms with E-state index in [-0.39, 0.29) is 6.61 Å². The van der Waals surface area contributed by atoms with Gasteiger partial charge in [0.05, 0.1) is 42.2 Å². The maximum absolute atomic E-state index is 9.85. The molecule has 0 saturated heterocycles. The fourth-order valence-corrected chi connectivity index (χ4v) is 3.97. The molecule has 4 rings (SSSR count). The fraction of sp³-hybridized carbons (Fsp3) is 0.238. The molecule has 150 valence electrons. The molecular formula is C21H21ClN4O3. The highest BCUT2D eigenvalue weighted by molar-refractivity contribution is 6.33. The Labute approximate surface area is 173 Å². The maximum atomic E-state index is 9.85. The van der Waals surface area contributed by atoms with Gasteiger partial charge in [0.15, 0.2) is 17.3 Å². The third-order valence-corrected chi connectivity index (χ3v) is 5.30. The van der Waals surface area contributed by atoms with Crippen LogP contribution < -0.4 is 14.4 Å². The summed E-state index contributed by atoms with van der Waals surface area (Å²) in [5.41, 5.74) is 4.06. The van der Waals surface area contributed by atoms with Crippen molar-refractivity contribution in [2.45, 2.75) is 13.5 Å². The fourth-order valence-electron chi connectivity index (χ4n) is 3.63. The molecule has 0 saturated carbocycles. The molecule has 0 fully saturated rings. The van der Waals surface area contributed by atoms with E-state index in [0.29, 0.717) is 33.7 Å². The Balaban J connectivity index is 2.07. The SMILES string of the molecule is COc1cc2nc(N(C)c3c(C)cccc3Cl)c3cnc(CO)n3c2cc1OC. The molecule has 0 spiro atoms. The number of para-hydroxylation sites is 1. The Hall–Kier alpha value is -3.03. The van der Waals surface area contributed by atoms with Crippen LogP contribution in [-0.4, -0.2) is 40.7 Å². The van der Waals surface area contributed by atoms with E-state index in [4.69, 9.17) is 26.1 Å². The third-order valence-electron chi connectivity index (χ3n) is 5.00. The lowest BCUT2D eigenvalue weighted by Crippen LogP contribution is -2.15. The van der Waals surface area contributed by atoms with E-state index in [1.807, 2.05) is 53.6 Å². The predicted molar refractivity (Wildman–Crippen MR) is 114 cm³/mol. The van der Waals surface area contributed by atoms with Crippen LogP contribution in [0.15, 0.2) is 36.5 Å². The van der Waals surface area contributed by atoms with Crippen LogP contribution >= 0.6 is 11.6 Å². The van der Waals surface area contributed by atoms with Crippen molar-refractivity contribution in [3.05, 3.63) is 52.9 Å². The van der Waals surface area contributed by atoms with Crippen LogP contribution in [-0.2, 0) is 6.61 Å². The van der Waals surface area contributed by atoms with Crippen molar-refractivity contribution >= 4 is 39.7 Å². The lowest BCUT2D eigenvalue weighted by Gasteiger charge is -2.23. The number of anilines is 2. The van der Waals surface area contributed by atoms with Gasteiger partial charge < -0.3 is 19.5 Å². The van der Waals surface area contributed by atoms with E-state index in [0.717, 1.165) is 22.3 Å². The van der Waals surface area contributed by atoms with Crippen LogP contribution in [0.25, 0.3) is 16.6 Å². The van der Waals surface area contributed by atoms with E-state index in [9.17, 15) is 5.11 Å². The van der Waals surface area contributed by atoms with Crippen molar-refractivity contribution in [3.8, 4) is 11.5 Å². The normalized spacial score (nSPS) is 11.2. The maximum Gasteiger partial charge on any atom is 0.163 e. The monoisotopic (exact) mass is 412 g/mol. The van der Waals surface area contributed by atoms with Crippen LogP contribution in [0.2, 0.25) is 5.02 Å². The minimum Gasteiger partial charge on any atom is -0.493 e. The molecule has 29 heavy (non-hydrogen) atoms. The quantitative estimate of drug-likeness (QED) is 0.531. The van der Waals surface area contributed by atoms with Gasteiger partial charge in [0, 0.05) is 19.2 Å². The van der Waals surface area contributed by atoms with Gasteiger partial charge in [-0.3, -0.25) is 4.40 Å². The summed E-state index contributed by atoms with van der Waals surface area (Å²) in [5, 5.41) is 10.5. The average Bonchev–Trinajstić information content (AvgIpc) is 3.16. The molecule has 0 bridgehead atoms. The Morgan fingerprint density at radius 2 is 1.86 bits per heavy atom. The second-order valence-electron chi connectivity index (χ2n) is 6.65. The summed E-state index contributed by atoms with van der Waals surface area (Å²) in [4.78, 5) is 11.2. The van der Waals surface area contributed by atoms with Gasteiger partial charge in [0.25, 0.3) is 0 Å². The number of aliphatic hydroxyl groups excluding tert-OH is 1. The highest BCUT2D eigenvalue weighted by Gasteiger charge is 2.20. The second kappa shape index (κ2) is 7.42. The number of fused-ring (bicyclic) bond motifs is 3. The van der Waals surface area contributed by atoms with Gasteiger partial charge in [0.1, 0.15) is 17.9 Å². The van der Waals surface area contributed by atoms with Crippen LogP contribution in [0.1, 0.15) is 11.4 Å². The molecule has 2 aromatic carbocycles. The number of rotatable bonds is 5. The molecular weight excluding hydrogens is 392 g/mol. The Kier molecular flexibility index (Phi) is 4.94. The van der Waals surface area contributed by atoms with E-state index in [1.165, 1.54) is 0 Å². The van der Waals surface area contributed by atoms with Gasteiger partial charge in [-0.25, -0.2) is 9.97 Å². The topological polar surface area (TPSA) is 72.1 Å². The Morgan fingerprint density at radius 3 is 2.52 bits per heavy atom. The number of ether oxygens (including phenoxy) is 2. The van der Waals surface area contributed by atoms with Crippen LogP contribution in [0, 0.1) is 6.92 Å². The predicted octanol–water partition coefficient (Wildman–Crippen LogP) is 4.12. The zero-order chi connectivity index (χ0) is 20.7. The number of aromatic nitrogens is 3. The molecule has 4 aromatic rings. The highest BCUT2D eigenvalue weighted by atomic mass is 35.5. The summed E-state index contributed by atoms with van der Waals surface area (Å²) in [6.07, 6.45) is 1.70. The third kappa shape index (κ3) is 3.03. The number of nitrogens with zero attached hydrogens (tertiary/aromatic N) is 4. The molecule has 7 nitrogen and oxygen atoms in total. The second-order valence-corrected chi connectivity index (χ2v) is 7.06. The first-order chi connectivity index (χ1) is 14.0. The zero-order valence-electron chi connectivity index (χ0n) is 16.6. The Bertz CT molecular complexity index is 1200. The summed E-state index contributed by atoms with van der Waals surface area (Å²) in [6, 6.07) is 9.41. The standard InChI is InChI=1S/C21H21ClN4O3/c1-12-6-5-7-13(22)20(12)25(2)21-16-10-23-19(11-27)26(16)15-9-18(29-4)17(28-3)8-14(15)24-21/h5-10,27H,11H2,1-4H3. The van der Waals surface area contributed by atoms with Crippen molar-refractivity contribution in [3.63, 3.8) is 0 Å². The number of hydrogen-bond acceptors (Lipinski definition) is 6. The first-order valence-electron chi connectivity index (χ1n) is 9.02. The van der Waals surface area contributed by atoms with Crippen LogP contribution in [0.4, 0.5) is 11.5 Å². The van der Waals surface area contributed by atoms with Crippen molar-refractivity contribution in [1.29, 1.82) is 0 Å². The lowest BCUT2D eigenvalue weighted by molar-refractivity contribution is 0.271. The largest absolute Gasteiger partial charge is 0.493 e. The molecule has 0 aliphatic rings. The number of benzene rings is 2. The van der Waals surface area contributed by atoms with Crippen molar-refractivity contribution in [2.24, 2.45) is 0 Å². The van der Waals surface area contributed by atoms with E-state index < -0.39 is 0 Å². The van der Waals surface area contributed by atoms with E-state index >= 15 is 0 Å². The van der Waals surface area contributed by atoms with Crippen LogP contribution in [0.5, 0.6) is 11.5 Å². The average molecular weight is 413 g/mol. The number of aliphatic hydroxyl groups is 1. The summed E-state index contributed by atoms with van der Waals surface area (Å²) in [7, 11) is 5.07. The summed E-state index contributed by atoms with van der Waals surface area (Å²) >= 11 is 6.50. The van der Waals surface area contributed by atoms with Crippen LogP contribution in [0.3, 0.4) is 0 Å². The van der Waals surface area contributed by atoms with Crippen molar-refractivity contribution < 1.29 is 14.6 Å². The summed E-state index contributed by atoms with van der Waals surface area (Å²) in [6.45, 7) is 1.79. The van der Waals surface area contributed by atoms with E-state index in [2.05, 4.69) is 4.98 Å². The number of methoxy groups -OCH3 is 2. The molecule has 2 aromatic heterocycles. The van der Waals surface area contributed by atoms with Crippen molar-refractivity contribution in [2.75, 3.05) is 26.2 Å². The number of aryl methyl sites for hydroxylation is 1. The molecule has 0 aliphatic heterocycles. The van der Waals surface area contributed by atoms with Gasteiger partial charge in [-0.05, 0) is 18.6 Å². The van der Waals surface area contributed by atoms with Gasteiger partial charge in [-0.2, -0.15) is 0 Å². The molecule has 0 radical (unpaired) electrons. The smallest absolute Gasteiger partial charge is 0.163 e.